The van der Waals surface area contributed by atoms with Crippen LogP contribution in [0.25, 0.3) is 0 Å². The van der Waals surface area contributed by atoms with E-state index in [0.717, 1.165) is 24.9 Å². The molecule has 0 aromatic heterocycles. The van der Waals surface area contributed by atoms with Gasteiger partial charge in [0.15, 0.2) is 0 Å². The van der Waals surface area contributed by atoms with E-state index in [4.69, 9.17) is 0 Å². The van der Waals surface area contributed by atoms with E-state index in [-0.39, 0.29) is 24.4 Å². The van der Waals surface area contributed by atoms with Crippen LogP contribution in [0.5, 0.6) is 0 Å². The zero-order valence-electron chi connectivity index (χ0n) is 10.7. The highest BCUT2D eigenvalue weighted by atomic mass is 32.2. The lowest BCUT2D eigenvalue weighted by molar-refractivity contribution is -0.129. The molecule has 1 aliphatic rings. The first-order chi connectivity index (χ1) is 9.20. The Kier molecular flexibility index (Phi) is 5.22. The summed E-state index contributed by atoms with van der Waals surface area (Å²) >= 11 is 1.52. The molecule has 1 unspecified atom stereocenters. The van der Waals surface area contributed by atoms with Crippen LogP contribution in [0.2, 0.25) is 0 Å². The van der Waals surface area contributed by atoms with Gasteiger partial charge in [0.25, 0.3) is 0 Å². The van der Waals surface area contributed by atoms with Crippen LogP contribution in [0.4, 0.5) is 4.39 Å². The second kappa shape index (κ2) is 6.91. The number of carbonyl (C=O) groups is 1. The van der Waals surface area contributed by atoms with Crippen molar-refractivity contribution in [2.24, 2.45) is 0 Å². The number of aliphatic hydroxyl groups is 1. The van der Waals surface area contributed by atoms with Gasteiger partial charge in [-0.05, 0) is 30.5 Å². The number of benzene rings is 1. The van der Waals surface area contributed by atoms with Gasteiger partial charge in [-0.15, -0.1) is 11.8 Å². The molecular weight excluding hydrogens is 265 g/mol. The highest BCUT2D eigenvalue weighted by Gasteiger charge is 2.27. The normalized spacial score (nSPS) is 18.8. The molecule has 1 amide bonds. The summed E-state index contributed by atoms with van der Waals surface area (Å²) in [6.07, 6.45) is 1.87. The van der Waals surface area contributed by atoms with E-state index in [1.54, 1.807) is 17.0 Å². The predicted molar refractivity (Wildman–Crippen MR) is 74.4 cm³/mol. The van der Waals surface area contributed by atoms with Crippen molar-refractivity contribution in [3.63, 3.8) is 0 Å². The minimum absolute atomic E-state index is 0.000999. The molecule has 19 heavy (non-hydrogen) atoms. The van der Waals surface area contributed by atoms with Crippen molar-refractivity contribution in [1.82, 2.24) is 4.90 Å². The summed E-state index contributed by atoms with van der Waals surface area (Å²) in [7, 11) is 0. The van der Waals surface area contributed by atoms with Gasteiger partial charge in [-0.3, -0.25) is 4.79 Å². The molecule has 5 heteroatoms. The molecule has 1 aromatic carbocycles. The molecule has 0 spiro atoms. The largest absolute Gasteiger partial charge is 0.394 e. The van der Waals surface area contributed by atoms with E-state index < -0.39 is 0 Å². The SMILES string of the molecule is O=C(CSCc1ccc(F)cc1)N1CCCC1CO. The Morgan fingerprint density at radius 3 is 2.84 bits per heavy atom. The second-order valence-corrected chi connectivity index (χ2v) is 5.67. The van der Waals surface area contributed by atoms with E-state index in [0.29, 0.717) is 11.5 Å². The van der Waals surface area contributed by atoms with Crippen LogP contribution in [0.3, 0.4) is 0 Å². The molecular formula is C14H18FNO2S. The van der Waals surface area contributed by atoms with Crippen LogP contribution in [0.1, 0.15) is 18.4 Å². The molecule has 1 saturated heterocycles. The Balaban J connectivity index is 1.76. The van der Waals surface area contributed by atoms with E-state index in [1.807, 2.05) is 0 Å². The molecule has 1 aromatic rings. The van der Waals surface area contributed by atoms with Crippen molar-refractivity contribution in [1.29, 1.82) is 0 Å². The van der Waals surface area contributed by atoms with Crippen LogP contribution < -0.4 is 0 Å². The summed E-state index contributed by atoms with van der Waals surface area (Å²) in [6.45, 7) is 0.801. The minimum atomic E-state index is -0.243. The highest BCUT2D eigenvalue weighted by molar-refractivity contribution is 7.99. The number of rotatable bonds is 5. The average Bonchev–Trinajstić information content (AvgIpc) is 2.89. The fraction of sp³-hybridized carbons (Fsp3) is 0.500. The molecule has 1 N–H and O–H groups in total. The van der Waals surface area contributed by atoms with Gasteiger partial charge in [0, 0.05) is 12.3 Å². The van der Waals surface area contributed by atoms with Gasteiger partial charge in [0.05, 0.1) is 18.4 Å². The van der Waals surface area contributed by atoms with Gasteiger partial charge in [-0.2, -0.15) is 0 Å². The van der Waals surface area contributed by atoms with Crippen LogP contribution in [-0.2, 0) is 10.5 Å². The number of thioether (sulfide) groups is 1. The molecule has 0 radical (unpaired) electrons. The Morgan fingerprint density at radius 1 is 1.42 bits per heavy atom. The average molecular weight is 283 g/mol. The van der Waals surface area contributed by atoms with Gasteiger partial charge in [0.1, 0.15) is 5.82 Å². The summed E-state index contributed by atoms with van der Waals surface area (Å²) in [5.74, 6) is 0.952. The highest BCUT2D eigenvalue weighted by Crippen LogP contribution is 2.19. The van der Waals surface area contributed by atoms with Crippen molar-refractivity contribution < 1.29 is 14.3 Å². The van der Waals surface area contributed by atoms with Crippen LogP contribution >= 0.6 is 11.8 Å². The lowest BCUT2D eigenvalue weighted by Gasteiger charge is -2.22. The molecule has 104 valence electrons. The fourth-order valence-corrected chi connectivity index (χ4v) is 3.14. The van der Waals surface area contributed by atoms with E-state index >= 15 is 0 Å². The Morgan fingerprint density at radius 2 is 2.16 bits per heavy atom. The van der Waals surface area contributed by atoms with Crippen molar-refractivity contribution in [3.05, 3.63) is 35.6 Å². The van der Waals surface area contributed by atoms with Gasteiger partial charge < -0.3 is 10.0 Å². The third-order valence-corrected chi connectivity index (χ3v) is 4.30. The number of hydrogen-bond acceptors (Lipinski definition) is 3. The first-order valence-electron chi connectivity index (χ1n) is 6.43. The number of likely N-dealkylation sites (tertiary alicyclic amines) is 1. The molecule has 0 aliphatic carbocycles. The first kappa shape index (κ1) is 14.3. The molecule has 3 nitrogen and oxygen atoms in total. The quantitative estimate of drug-likeness (QED) is 0.899. The standard InChI is InChI=1S/C14H18FNO2S/c15-12-5-3-11(4-6-12)9-19-10-14(18)16-7-1-2-13(16)8-17/h3-6,13,17H,1-2,7-10H2. The molecule has 1 fully saturated rings. The van der Waals surface area contributed by atoms with Crippen molar-refractivity contribution in [3.8, 4) is 0 Å². The van der Waals surface area contributed by atoms with Crippen molar-refractivity contribution in [2.75, 3.05) is 18.9 Å². The monoisotopic (exact) mass is 283 g/mol. The Labute approximate surface area is 116 Å². The molecule has 1 heterocycles. The van der Waals surface area contributed by atoms with Gasteiger partial charge in [0.2, 0.25) is 5.91 Å². The summed E-state index contributed by atoms with van der Waals surface area (Å²) in [4.78, 5) is 13.8. The Bertz CT molecular complexity index is 424. The first-order valence-corrected chi connectivity index (χ1v) is 7.58. The van der Waals surface area contributed by atoms with Gasteiger partial charge in [-0.25, -0.2) is 4.39 Å². The number of nitrogens with zero attached hydrogens (tertiary/aromatic N) is 1. The molecule has 1 atom stereocenters. The number of aliphatic hydroxyl groups excluding tert-OH is 1. The van der Waals surface area contributed by atoms with E-state index in [1.165, 1.54) is 23.9 Å². The Hall–Kier alpha value is -1.07. The maximum absolute atomic E-state index is 12.7. The second-order valence-electron chi connectivity index (χ2n) is 4.69. The lowest BCUT2D eigenvalue weighted by Crippen LogP contribution is -2.38. The van der Waals surface area contributed by atoms with Crippen LogP contribution in [-0.4, -0.2) is 40.9 Å². The molecule has 0 saturated carbocycles. The van der Waals surface area contributed by atoms with Crippen molar-refractivity contribution >= 4 is 17.7 Å². The third kappa shape index (κ3) is 3.94. The van der Waals surface area contributed by atoms with Gasteiger partial charge in [-0.1, -0.05) is 12.1 Å². The third-order valence-electron chi connectivity index (χ3n) is 3.32. The molecule has 0 bridgehead atoms. The number of amides is 1. The van der Waals surface area contributed by atoms with Gasteiger partial charge >= 0.3 is 0 Å². The van der Waals surface area contributed by atoms with E-state index in [2.05, 4.69) is 0 Å². The number of halogens is 1. The fourth-order valence-electron chi connectivity index (χ4n) is 2.27. The summed E-state index contributed by atoms with van der Waals surface area (Å²) in [6, 6.07) is 6.33. The summed E-state index contributed by atoms with van der Waals surface area (Å²) in [5.41, 5.74) is 1.01. The van der Waals surface area contributed by atoms with E-state index in [9.17, 15) is 14.3 Å². The lowest BCUT2D eigenvalue weighted by atomic mass is 10.2. The maximum atomic E-state index is 12.7. The minimum Gasteiger partial charge on any atom is -0.394 e. The predicted octanol–water partition coefficient (Wildman–Crippen LogP) is 2.04. The zero-order chi connectivity index (χ0) is 13.7. The number of hydrogen-bond donors (Lipinski definition) is 1. The molecule has 2 rings (SSSR count). The van der Waals surface area contributed by atoms with Crippen LogP contribution in [0.15, 0.2) is 24.3 Å². The molecule has 1 aliphatic heterocycles. The van der Waals surface area contributed by atoms with Crippen molar-refractivity contribution in [2.45, 2.75) is 24.6 Å². The summed E-state index contributed by atoms with van der Waals surface area (Å²) < 4.78 is 12.7. The summed E-state index contributed by atoms with van der Waals surface area (Å²) in [5, 5.41) is 9.18. The number of carbonyl (C=O) groups excluding carboxylic acids is 1. The zero-order valence-corrected chi connectivity index (χ0v) is 11.5. The smallest absolute Gasteiger partial charge is 0.232 e. The maximum Gasteiger partial charge on any atom is 0.232 e. The topological polar surface area (TPSA) is 40.5 Å². The van der Waals surface area contributed by atoms with Crippen LogP contribution in [0, 0.1) is 5.82 Å².